The third kappa shape index (κ3) is 3.27. The van der Waals surface area contributed by atoms with Crippen molar-refractivity contribution < 1.29 is 14.2 Å². The lowest BCUT2D eigenvalue weighted by atomic mass is 10.1. The van der Waals surface area contributed by atoms with Crippen molar-refractivity contribution in [2.45, 2.75) is 13.2 Å². The average molecular weight is 258 g/mol. The van der Waals surface area contributed by atoms with Gasteiger partial charge in [-0.05, 0) is 24.3 Å². The summed E-state index contributed by atoms with van der Waals surface area (Å²) in [6, 6.07) is 9.22. The Kier molecular flexibility index (Phi) is 4.06. The molecule has 0 aliphatic rings. The highest BCUT2D eigenvalue weighted by atomic mass is 19.1. The van der Waals surface area contributed by atoms with Gasteiger partial charge in [-0.15, -0.1) is 0 Å². The predicted octanol–water partition coefficient (Wildman–Crippen LogP) is 2.16. The van der Waals surface area contributed by atoms with E-state index in [0.717, 1.165) is 0 Å². The van der Waals surface area contributed by atoms with Crippen molar-refractivity contribution in [1.82, 2.24) is 4.98 Å². The SMILES string of the molecule is N#Cc1cc(F)ccc1COc1ccc(CO)nc1. The molecule has 0 fully saturated rings. The Labute approximate surface area is 109 Å². The van der Waals surface area contributed by atoms with Gasteiger partial charge in [0.1, 0.15) is 18.2 Å². The van der Waals surface area contributed by atoms with E-state index in [1.807, 2.05) is 6.07 Å². The monoisotopic (exact) mass is 258 g/mol. The van der Waals surface area contributed by atoms with Crippen molar-refractivity contribution in [1.29, 1.82) is 5.26 Å². The molecule has 1 aromatic carbocycles. The first-order chi connectivity index (χ1) is 9.22. The van der Waals surface area contributed by atoms with Crippen LogP contribution in [0, 0.1) is 17.1 Å². The molecule has 5 heteroatoms. The maximum Gasteiger partial charge on any atom is 0.138 e. The topological polar surface area (TPSA) is 66.1 Å². The third-order valence-corrected chi connectivity index (χ3v) is 2.55. The molecule has 0 aliphatic heterocycles. The minimum absolute atomic E-state index is 0.128. The van der Waals surface area contributed by atoms with Crippen LogP contribution in [0.3, 0.4) is 0 Å². The Hall–Kier alpha value is -2.45. The van der Waals surface area contributed by atoms with E-state index in [1.165, 1.54) is 24.4 Å². The summed E-state index contributed by atoms with van der Waals surface area (Å²) in [5.41, 5.74) is 1.40. The smallest absolute Gasteiger partial charge is 0.138 e. The van der Waals surface area contributed by atoms with Crippen molar-refractivity contribution in [2.75, 3.05) is 0 Å². The lowest BCUT2D eigenvalue weighted by molar-refractivity contribution is 0.275. The molecular formula is C14H11FN2O2. The fourth-order valence-electron chi connectivity index (χ4n) is 1.53. The largest absolute Gasteiger partial charge is 0.487 e. The molecule has 4 nitrogen and oxygen atoms in total. The first-order valence-corrected chi connectivity index (χ1v) is 5.60. The average Bonchev–Trinajstić information content (AvgIpc) is 2.46. The second kappa shape index (κ2) is 5.94. The van der Waals surface area contributed by atoms with Gasteiger partial charge in [-0.2, -0.15) is 5.26 Å². The summed E-state index contributed by atoms with van der Waals surface area (Å²) in [7, 11) is 0. The zero-order valence-electron chi connectivity index (χ0n) is 10.0. The number of ether oxygens (including phenoxy) is 1. The quantitative estimate of drug-likeness (QED) is 0.912. The van der Waals surface area contributed by atoms with Gasteiger partial charge in [-0.3, -0.25) is 4.98 Å². The summed E-state index contributed by atoms with van der Waals surface area (Å²) >= 11 is 0. The Balaban J connectivity index is 2.08. The molecule has 0 aliphatic carbocycles. The minimum Gasteiger partial charge on any atom is -0.487 e. The molecule has 0 spiro atoms. The van der Waals surface area contributed by atoms with Gasteiger partial charge in [-0.25, -0.2) is 4.39 Å². The number of benzene rings is 1. The summed E-state index contributed by atoms with van der Waals surface area (Å²) in [6.07, 6.45) is 1.49. The molecule has 1 N–H and O–H groups in total. The van der Waals surface area contributed by atoms with Crippen LogP contribution < -0.4 is 4.74 Å². The van der Waals surface area contributed by atoms with Gasteiger partial charge >= 0.3 is 0 Å². The molecule has 0 saturated carbocycles. The highest BCUT2D eigenvalue weighted by molar-refractivity contribution is 5.37. The second-order valence-corrected chi connectivity index (χ2v) is 3.85. The molecular weight excluding hydrogens is 247 g/mol. The van der Waals surface area contributed by atoms with Crippen LogP contribution in [0.1, 0.15) is 16.8 Å². The Morgan fingerprint density at radius 1 is 1.32 bits per heavy atom. The van der Waals surface area contributed by atoms with E-state index in [9.17, 15) is 4.39 Å². The molecule has 2 aromatic rings. The van der Waals surface area contributed by atoms with Crippen LogP contribution in [0.15, 0.2) is 36.5 Å². The van der Waals surface area contributed by atoms with Crippen molar-refractivity contribution >= 4 is 0 Å². The van der Waals surface area contributed by atoms with Gasteiger partial charge in [0.05, 0.1) is 30.1 Å². The number of aliphatic hydroxyl groups is 1. The van der Waals surface area contributed by atoms with E-state index in [0.29, 0.717) is 17.0 Å². The molecule has 0 unspecified atom stereocenters. The maximum absolute atomic E-state index is 13.0. The fraction of sp³-hybridized carbons (Fsp3) is 0.143. The van der Waals surface area contributed by atoms with Gasteiger partial charge in [0.25, 0.3) is 0 Å². The maximum atomic E-state index is 13.0. The number of pyridine rings is 1. The summed E-state index contributed by atoms with van der Waals surface area (Å²) in [6.45, 7) is 0.0279. The number of hydrogen-bond donors (Lipinski definition) is 1. The molecule has 2 rings (SSSR count). The van der Waals surface area contributed by atoms with Gasteiger partial charge in [0.2, 0.25) is 0 Å². The molecule has 19 heavy (non-hydrogen) atoms. The van der Waals surface area contributed by atoms with Gasteiger partial charge in [-0.1, -0.05) is 6.07 Å². The van der Waals surface area contributed by atoms with E-state index in [1.54, 1.807) is 12.1 Å². The van der Waals surface area contributed by atoms with Crippen LogP contribution in [0.5, 0.6) is 5.75 Å². The van der Waals surface area contributed by atoms with Crippen LogP contribution in [0.4, 0.5) is 4.39 Å². The predicted molar refractivity (Wildman–Crippen MR) is 65.6 cm³/mol. The van der Waals surface area contributed by atoms with Crippen LogP contribution in [0.25, 0.3) is 0 Å². The van der Waals surface area contributed by atoms with Crippen molar-refractivity contribution in [2.24, 2.45) is 0 Å². The summed E-state index contributed by atoms with van der Waals surface area (Å²) in [4.78, 5) is 3.97. The van der Waals surface area contributed by atoms with E-state index in [2.05, 4.69) is 4.98 Å². The number of aromatic nitrogens is 1. The highest BCUT2D eigenvalue weighted by Gasteiger charge is 2.05. The standard InChI is InChI=1S/C14H11FN2O2/c15-12-2-1-10(11(5-12)6-16)9-19-14-4-3-13(8-18)17-7-14/h1-5,7,18H,8-9H2. The Bertz CT molecular complexity index is 606. The van der Waals surface area contributed by atoms with Gasteiger partial charge in [0.15, 0.2) is 0 Å². The van der Waals surface area contributed by atoms with Gasteiger partial charge in [0, 0.05) is 5.56 Å². The number of hydrogen-bond acceptors (Lipinski definition) is 4. The van der Waals surface area contributed by atoms with E-state index < -0.39 is 5.82 Å². The normalized spacial score (nSPS) is 9.95. The van der Waals surface area contributed by atoms with Crippen LogP contribution in [-0.2, 0) is 13.2 Å². The zero-order chi connectivity index (χ0) is 13.7. The molecule has 96 valence electrons. The van der Waals surface area contributed by atoms with E-state index in [-0.39, 0.29) is 18.8 Å². The lowest BCUT2D eigenvalue weighted by Crippen LogP contribution is -1.99. The molecule has 0 atom stereocenters. The van der Waals surface area contributed by atoms with Crippen molar-refractivity contribution in [3.8, 4) is 11.8 Å². The molecule has 0 bridgehead atoms. The van der Waals surface area contributed by atoms with Crippen molar-refractivity contribution in [3.63, 3.8) is 0 Å². The lowest BCUT2D eigenvalue weighted by Gasteiger charge is -2.07. The summed E-state index contributed by atoms with van der Waals surface area (Å²) in [5, 5.41) is 17.8. The van der Waals surface area contributed by atoms with E-state index >= 15 is 0 Å². The number of nitrogens with zero attached hydrogens (tertiary/aromatic N) is 2. The summed E-state index contributed by atoms with van der Waals surface area (Å²) in [5.74, 6) is 0.0691. The van der Waals surface area contributed by atoms with Crippen LogP contribution >= 0.6 is 0 Å². The number of halogens is 1. The molecule has 0 saturated heterocycles. The molecule has 0 radical (unpaired) electrons. The Morgan fingerprint density at radius 3 is 2.79 bits per heavy atom. The zero-order valence-corrected chi connectivity index (χ0v) is 10.0. The molecule has 1 heterocycles. The number of nitriles is 1. The fourth-order valence-corrected chi connectivity index (χ4v) is 1.53. The first-order valence-electron chi connectivity index (χ1n) is 5.60. The molecule has 1 aromatic heterocycles. The molecule has 0 amide bonds. The number of rotatable bonds is 4. The third-order valence-electron chi connectivity index (χ3n) is 2.55. The van der Waals surface area contributed by atoms with Crippen LogP contribution in [0.2, 0.25) is 0 Å². The van der Waals surface area contributed by atoms with Crippen LogP contribution in [-0.4, -0.2) is 10.1 Å². The Morgan fingerprint density at radius 2 is 2.16 bits per heavy atom. The number of aliphatic hydroxyl groups excluding tert-OH is 1. The highest BCUT2D eigenvalue weighted by Crippen LogP contribution is 2.15. The van der Waals surface area contributed by atoms with Crippen molar-refractivity contribution in [3.05, 3.63) is 59.2 Å². The van der Waals surface area contributed by atoms with E-state index in [4.69, 9.17) is 15.1 Å². The second-order valence-electron chi connectivity index (χ2n) is 3.85. The first kappa shape index (κ1) is 13.0. The summed E-state index contributed by atoms with van der Waals surface area (Å²) < 4.78 is 18.4. The van der Waals surface area contributed by atoms with Gasteiger partial charge < -0.3 is 9.84 Å². The minimum atomic E-state index is -0.450.